The van der Waals surface area contributed by atoms with Crippen LogP contribution in [0.5, 0.6) is 5.75 Å². The van der Waals surface area contributed by atoms with Gasteiger partial charge in [-0.3, -0.25) is 9.69 Å². The Bertz CT molecular complexity index is 1140. The molecule has 10 heteroatoms. The zero-order valence-electron chi connectivity index (χ0n) is 19.1. The maximum Gasteiger partial charge on any atom is 0.316 e. The standard InChI is InChI=1S/C23H28FN5O2S2/c1-16-10-18(24)12-19(11-16)29-23(30)22(31-9-4-21-17(2)25-14-33-21)20(13-26-29)28-7-5-27(6-8-28)15-32-3/h10-14H,4-9,15H2,1-3H3. The van der Waals surface area contributed by atoms with Crippen LogP contribution in [0.3, 0.4) is 0 Å². The highest BCUT2D eigenvalue weighted by Crippen LogP contribution is 2.26. The summed E-state index contributed by atoms with van der Waals surface area (Å²) in [5.74, 6) is 0.840. The van der Waals surface area contributed by atoms with Gasteiger partial charge in [0.25, 0.3) is 0 Å². The largest absolute Gasteiger partial charge is 0.486 e. The number of aromatic nitrogens is 3. The Morgan fingerprint density at radius 3 is 2.64 bits per heavy atom. The van der Waals surface area contributed by atoms with Crippen molar-refractivity contribution in [2.75, 3.05) is 49.8 Å². The molecule has 0 N–H and O–H groups in total. The number of halogens is 1. The lowest BCUT2D eigenvalue weighted by Gasteiger charge is -2.36. The molecule has 1 aliphatic heterocycles. The molecule has 176 valence electrons. The molecule has 0 radical (unpaired) electrons. The second kappa shape index (κ2) is 10.7. The monoisotopic (exact) mass is 489 g/mol. The maximum atomic E-state index is 14.0. The number of hydrogen-bond donors (Lipinski definition) is 0. The first-order valence-corrected chi connectivity index (χ1v) is 13.1. The fraction of sp³-hybridized carbons (Fsp3) is 0.435. The molecule has 2 aromatic heterocycles. The normalized spacial score (nSPS) is 14.6. The summed E-state index contributed by atoms with van der Waals surface area (Å²) in [6, 6.07) is 4.47. The first-order valence-electron chi connectivity index (χ1n) is 10.8. The number of benzene rings is 1. The number of rotatable bonds is 8. The lowest BCUT2D eigenvalue weighted by molar-refractivity contribution is 0.293. The van der Waals surface area contributed by atoms with Gasteiger partial charge in [0.1, 0.15) is 11.5 Å². The zero-order chi connectivity index (χ0) is 23.4. The van der Waals surface area contributed by atoms with E-state index in [-0.39, 0.29) is 11.3 Å². The van der Waals surface area contributed by atoms with Crippen molar-refractivity contribution in [3.05, 3.63) is 62.2 Å². The van der Waals surface area contributed by atoms with Gasteiger partial charge in [-0.25, -0.2) is 9.37 Å². The first-order chi connectivity index (χ1) is 16.0. The van der Waals surface area contributed by atoms with Gasteiger partial charge < -0.3 is 9.64 Å². The van der Waals surface area contributed by atoms with Gasteiger partial charge in [-0.1, -0.05) is 0 Å². The SMILES string of the molecule is CSCN1CCN(c2cnn(-c3cc(C)cc(F)c3)c(=O)c2OCCc2scnc2C)CC1. The first kappa shape index (κ1) is 23.7. The van der Waals surface area contributed by atoms with Crippen LogP contribution in [0, 0.1) is 19.7 Å². The van der Waals surface area contributed by atoms with Crippen LogP contribution in [0.4, 0.5) is 10.1 Å². The number of hydrogen-bond acceptors (Lipinski definition) is 8. The molecule has 0 amide bonds. The van der Waals surface area contributed by atoms with Crippen LogP contribution in [0.15, 0.2) is 34.7 Å². The van der Waals surface area contributed by atoms with Crippen molar-refractivity contribution in [1.29, 1.82) is 0 Å². The molecule has 7 nitrogen and oxygen atoms in total. The van der Waals surface area contributed by atoms with Crippen molar-refractivity contribution in [3.8, 4) is 11.4 Å². The van der Waals surface area contributed by atoms with Crippen LogP contribution in [0.25, 0.3) is 5.69 Å². The van der Waals surface area contributed by atoms with Gasteiger partial charge in [0.05, 0.1) is 29.7 Å². The van der Waals surface area contributed by atoms with E-state index in [1.807, 2.05) is 12.4 Å². The van der Waals surface area contributed by atoms with E-state index in [0.717, 1.165) is 48.2 Å². The second-order valence-corrected chi connectivity index (χ2v) is 9.82. The van der Waals surface area contributed by atoms with E-state index in [9.17, 15) is 9.18 Å². The molecule has 0 unspecified atom stereocenters. The Labute approximate surface area is 201 Å². The molecule has 0 saturated carbocycles. The molecule has 33 heavy (non-hydrogen) atoms. The fourth-order valence-electron chi connectivity index (χ4n) is 3.93. The number of thioether (sulfide) groups is 1. The van der Waals surface area contributed by atoms with E-state index in [2.05, 4.69) is 26.1 Å². The lowest BCUT2D eigenvalue weighted by atomic mass is 10.2. The average molecular weight is 490 g/mol. The van der Waals surface area contributed by atoms with Crippen LogP contribution in [-0.4, -0.2) is 64.6 Å². The summed E-state index contributed by atoms with van der Waals surface area (Å²) >= 11 is 3.39. The minimum Gasteiger partial charge on any atom is -0.486 e. The summed E-state index contributed by atoms with van der Waals surface area (Å²) in [6.45, 7) is 7.50. The van der Waals surface area contributed by atoms with Crippen LogP contribution >= 0.6 is 23.1 Å². The van der Waals surface area contributed by atoms with Gasteiger partial charge in [0.15, 0.2) is 0 Å². The highest BCUT2D eigenvalue weighted by molar-refractivity contribution is 7.98. The van der Waals surface area contributed by atoms with Crippen molar-refractivity contribution >= 4 is 28.8 Å². The Morgan fingerprint density at radius 2 is 1.97 bits per heavy atom. The van der Waals surface area contributed by atoms with E-state index >= 15 is 0 Å². The van der Waals surface area contributed by atoms with E-state index < -0.39 is 5.82 Å². The molecular formula is C23H28FN5O2S2. The fourth-order valence-corrected chi connectivity index (χ4v) is 5.31. The van der Waals surface area contributed by atoms with Crippen LogP contribution in [0.1, 0.15) is 16.1 Å². The van der Waals surface area contributed by atoms with Gasteiger partial charge in [-0.15, -0.1) is 23.1 Å². The van der Waals surface area contributed by atoms with E-state index in [1.165, 1.54) is 16.8 Å². The van der Waals surface area contributed by atoms with Crippen LogP contribution < -0.4 is 15.2 Å². The third kappa shape index (κ3) is 5.56. The number of anilines is 1. The van der Waals surface area contributed by atoms with Crippen molar-refractivity contribution in [2.24, 2.45) is 0 Å². The minimum absolute atomic E-state index is 0.257. The molecule has 0 bridgehead atoms. The molecule has 3 aromatic rings. The molecule has 1 aromatic carbocycles. The third-order valence-corrected chi connectivity index (χ3v) is 7.25. The molecule has 0 atom stereocenters. The summed E-state index contributed by atoms with van der Waals surface area (Å²) in [4.78, 5) is 23.4. The lowest BCUT2D eigenvalue weighted by Crippen LogP contribution is -2.46. The van der Waals surface area contributed by atoms with Gasteiger partial charge in [0, 0.05) is 43.4 Å². The predicted molar refractivity (Wildman–Crippen MR) is 133 cm³/mol. The van der Waals surface area contributed by atoms with Crippen molar-refractivity contribution in [1.82, 2.24) is 19.7 Å². The van der Waals surface area contributed by atoms with Crippen molar-refractivity contribution < 1.29 is 9.13 Å². The number of thiazole rings is 1. The van der Waals surface area contributed by atoms with E-state index in [4.69, 9.17) is 4.74 Å². The number of nitrogens with zero attached hydrogens (tertiary/aromatic N) is 5. The molecular weight excluding hydrogens is 461 g/mol. The quantitative estimate of drug-likeness (QED) is 0.480. The third-order valence-electron chi connectivity index (χ3n) is 5.63. The average Bonchev–Trinajstić information content (AvgIpc) is 3.19. The number of aryl methyl sites for hydroxylation is 2. The van der Waals surface area contributed by atoms with Crippen LogP contribution in [0.2, 0.25) is 0 Å². The summed E-state index contributed by atoms with van der Waals surface area (Å²) < 4.78 is 21.3. The van der Waals surface area contributed by atoms with E-state index in [0.29, 0.717) is 24.4 Å². The Balaban J connectivity index is 1.64. The van der Waals surface area contributed by atoms with Gasteiger partial charge in [0.2, 0.25) is 5.75 Å². The number of piperazine rings is 1. The second-order valence-electron chi connectivity index (χ2n) is 8.04. The van der Waals surface area contributed by atoms with E-state index in [1.54, 1.807) is 42.3 Å². The molecule has 1 fully saturated rings. The predicted octanol–water partition coefficient (Wildman–Crippen LogP) is 3.51. The zero-order valence-corrected chi connectivity index (χ0v) is 20.7. The number of ether oxygens (including phenoxy) is 1. The Kier molecular flexibility index (Phi) is 7.67. The molecule has 1 aliphatic rings. The molecule has 0 spiro atoms. The summed E-state index contributed by atoms with van der Waals surface area (Å²) in [5, 5.41) is 4.38. The molecule has 1 saturated heterocycles. The topological polar surface area (TPSA) is 63.5 Å². The maximum absolute atomic E-state index is 14.0. The Hall–Kier alpha value is -2.43. The highest BCUT2D eigenvalue weighted by atomic mass is 32.2. The summed E-state index contributed by atoms with van der Waals surface area (Å²) in [7, 11) is 0. The van der Waals surface area contributed by atoms with Gasteiger partial charge in [-0.2, -0.15) is 9.78 Å². The highest BCUT2D eigenvalue weighted by Gasteiger charge is 2.23. The smallest absolute Gasteiger partial charge is 0.316 e. The minimum atomic E-state index is -0.407. The van der Waals surface area contributed by atoms with Crippen molar-refractivity contribution in [3.63, 3.8) is 0 Å². The molecule has 0 aliphatic carbocycles. The molecule has 4 rings (SSSR count). The van der Waals surface area contributed by atoms with Gasteiger partial charge >= 0.3 is 5.56 Å². The van der Waals surface area contributed by atoms with Gasteiger partial charge in [-0.05, 0) is 43.9 Å². The Morgan fingerprint density at radius 1 is 1.18 bits per heavy atom. The van der Waals surface area contributed by atoms with Crippen LogP contribution in [-0.2, 0) is 6.42 Å². The summed E-state index contributed by atoms with van der Waals surface area (Å²) in [5.41, 5.74) is 4.21. The summed E-state index contributed by atoms with van der Waals surface area (Å²) in [6.07, 6.45) is 4.43. The molecule has 3 heterocycles. The van der Waals surface area contributed by atoms with Crippen molar-refractivity contribution in [2.45, 2.75) is 20.3 Å².